The van der Waals surface area contributed by atoms with Gasteiger partial charge in [-0.15, -0.1) is 0 Å². The van der Waals surface area contributed by atoms with Crippen molar-refractivity contribution in [1.29, 1.82) is 0 Å². The van der Waals surface area contributed by atoms with Crippen LogP contribution < -0.4 is 10.6 Å². The molecule has 1 aliphatic heterocycles. The Hall–Kier alpha value is -1.90. The highest BCUT2D eigenvalue weighted by atomic mass is 32.1. The van der Waals surface area contributed by atoms with E-state index >= 15 is 0 Å². The van der Waals surface area contributed by atoms with E-state index in [1.54, 1.807) is 7.11 Å². The molecule has 1 heterocycles. The topological polar surface area (TPSA) is 50.4 Å². The van der Waals surface area contributed by atoms with Crippen molar-refractivity contribution in [3.63, 3.8) is 0 Å². The first-order valence-corrected chi connectivity index (χ1v) is 10.7. The molecule has 28 heavy (non-hydrogen) atoms. The lowest BCUT2D eigenvalue weighted by molar-refractivity contribution is -0.123. The average Bonchev–Trinajstić information content (AvgIpc) is 3.50. The Kier molecular flexibility index (Phi) is 5.70. The molecule has 2 aliphatic carbocycles. The molecule has 148 valence electrons. The van der Waals surface area contributed by atoms with E-state index in [2.05, 4.69) is 40.7 Å². The van der Waals surface area contributed by atoms with E-state index in [4.69, 9.17) is 17.0 Å². The maximum Gasteiger partial charge on any atom is 0.226 e. The Bertz CT molecular complexity index is 827. The summed E-state index contributed by atoms with van der Waals surface area (Å²) in [6.45, 7) is 0.615. The van der Waals surface area contributed by atoms with E-state index < -0.39 is 0 Å². The Morgan fingerprint density at radius 3 is 2.64 bits per heavy atom. The standard InChI is InChI=1S/C23H28N2O2S/c1-27-20-8-10-23(11-9-20)13-18-7-6-17(5-4-16-2-3-16)12-19(18)15-24-22(28)25-21(26)14-23/h6-7,12,16,20H,2-3,8-11,13-15H2,1H3,(H2,24,25,26,28). The first-order valence-electron chi connectivity index (χ1n) is 10.3. The normalized spacial score (nSPS) is 27.8. The van der Waals surface area contributed by atoms with E-state index in [9.17, 15) is 4.79 Å². The zero-order valence-electron chi connectivity index (χ0n) is 16.5. The number of nitrogens with one attached hydrogen (secondary N) is 2. The third-order valence-electron chi connectivity index (χ3n) is 6.32. The Labute approximate surface area is 172 Å². The molecule has 2 saturated carbocycles. The fraction of sp³-hybridized carbons (Fsp3) is 0.565. The summed E-state index contributed by atoms with van der Waals surface area (Å²) in [5, 5.41) is 6.45. The van der Waals surface area contributed by atoms with Gasteiger partial charge in [0, 0.05) is 31.6 Å². The molecule has 3 aliphatic rings. The van der Waals surface area contributed by atoms with Crippen LogP contribution in [0.15, 0.2) is 18.2 Å². The summed E-state index contributed by atoms with van der Waals surface area (Å²) >= 11 is 5.33. The molecule has 0 bridgehead atoms. The number of benzene rings is 1. The Morgan fingerprint density at radius 2 is 1.93 bits per heavy atom. The minimum absolute atomic E-state index is 0.0173. The molecule has 4 rings (SSSR count). The maximum atomic E-state index is 12.6. The SMILES string of the molecule is COC1CCC2(CC1)CC(=O)NC(=S)NCc1cc(C#CC3CC3)ccc1C2. The molecule has 2 fully saturated rings. The van der Waals surface area contributed by atoms with Gasteiger partial charge in [-0.2, -0.15) is 0 Å². The van der Waals surface area contributed by atoms with Crippen LogP contribution in [0, 0.1) is 23.2 Å². The number of carbonyl (C=O) groups is 1. The van der Waals surface area contributed by atoms with Crippen LogP contribution in [0.2, 0.25) is 0 Å². The molecule has 4 nitrogen and oxygen atoms in total. The summed E-state index contributed by atoms with van der Waals surface area (Å²) in [5.41, 5.74) is 3.57. The number of fused-ring (bicyclic) bond motifs is 1. The molecular formula is C23H28N2O2S. The molecule has 2 N–H and O–H groups in total. The number of carbonyl (C=O) groups excluding carboxylic acids is 1. The quantitative estimate of drug-likeness (QED) is 0.564. The van der Waals surface area contributed by atoms with Crippen LogP contribution in [0.1, 0.15) is 61.6 Å². The maximum absolute atomic E-state index is 12.6. The van der Waals surface area contributed by atoms with Gasteiger partial charge in [-0.3, -0.25) is 4.79 Å². The van der Waals surface area contributed by atoms with Crippen LogP contribution in [0.4, 0.5) is 0 Å². The van der Waals surface area contributed by atoms with Gasteiger partial charge >= 0.3 is 0 Å². The zero-order chi connectivity index (χ0) is 19.6. The summed E-state index contributed by atoms with van der Waals surface area (Å²) in [6.07, 6.45) is 8.22. The van der Waals surface area contributed by atoms with Crippen molar-refractivity contribution in [3.05, 3.63) is 34.9 Å². The number of ether oxygens (including phenoxy) is 1. The van der Waals surface area contributed by atoms with Crippen molar-refractivity contribution in [2.45, 2.75) is 64.0 Å². The van der Waals surface area contributed by atoms with Gasteiger partial charge in [-0.05, 0) is 85.8 Å². The lowest BCUT2D eigenvalue weighted by Gasteiger charge is -2.40. The zero-order valence-corrected chi connectivity index (χ0v) is 17.3. The second-order valence-corrected chi connectivity index (χ2v) is 8.95. The van der Waals surface area contributed by atoms with E-state index in [-0.39, 0.29) is 11.3 Å². The van der Waals surface area contributed by atoms with Gasteiger partial charge in [0.05, 0.1) is 6.10 Å². The Morgan fingerprint density at radius 1 is 1.14 bits per heavy atom. The minimum Gasteiger partial charge on any atom is -0.381 e. The van der Waals surface area contributed by atoms with Crippen LogP contribution in [0.25, 0.3) is 0 Å². The number of rotatable bonds is 1. The molecule has 0 radical (unpaired) electrons. The highest BCUT2D eigenvalue weighted by molar-refractivity contribution is 7.80. The summed E-state index contributed by atoms with van der Waals surface area (Å²) < 4.78 is 5.56. The molecule has 1 spiro atoms. The van der Waals surface area contributed by atoms with Gasteiger partial charge in [0.25, 0.3) is 0 Å². The van der Waals surface area contributed by atoms with Crippen LogP contribution in [-0.2, 0) is 22.5 Å². The highest BCUT2D eigenvalue weighted by Crippen LogP contribution is 2.43. The number of thiocarbonyl (C=S) groups is 1. The summed E-state index contributed by atoms with van der Waals surface area (Å²) in [5.74, 6) is 7.28. The largest absolute Gasteiger partial charge is 0.381 e. The third kappa shape index (κ3) is 4.74. The van der Waals surface area contributed by atoms with Crippen LogP contribution in [0.5, 0.6) is 0 Å². The molecule has 5 heteroatoms. The minimum atomic E-state index is -0.0258. The van der Waals surface area contributed by atoms with Gasteiger partial charge in [0.2, 0.25) is 5.91 Å². The molecule has 0 atom stereocenters. The molecular weight excluding hydrogens is 368 g/mol. The first-order chi connectivity index (χ1) is 13.5. The number of amides is 1. The van der Waals surface area contributed by atoms with Crippen molar-refractivity contribution in [3.8, 4) is 11.8 Å². The molecule has 0 unspecified atom stereocenters. The predicted molar refractivity (Wildman–Crippen MR) is 114 cm³/mol. The van der Waals surface area contributed by atoms with Crippen molar-refractivity contribution < 1.29 is 9.53 Å². The lowest BCUT2D eigenvalue weighted by Crippen LogP contribution is -2.44. The second kappa shape index (κ2) is 8.23. The summed E-state index contributed by atoms with van der Waals surface area (Å²) in [7, 11) is 1.78. The number of hydrogen-bond acceptors (Lipinski definition) is 3. The predicted octanol–water partition coefficient (Wildman–Crippen LogP) is 3.46. The molecule has 1 aromatic carbocycles. The summed E-state index contributed by atoms with van der Waals surface area (Å²) in [4.78, 5) is 12.6. The summed E-state index contributed by atoms with van der Waals surface area (Å²) in [6, 6.07) is 6.53. The fourth-order valence-electron chi connectivity index (χ4n) is 4.44. The van der Waals surface area contributed by atoms with Gasteiger partial charge in [0.15, 0.2) is 5.11 Å². The van der Waals surface area contributed by atoms with E-state index in [1.165, 1.54) is 24.0 Å². The third-order valence-corrected chi connectivity index (χ3v) is 6.57. The molecule has 1 amide bonds. The molecule has 0 aromatic heterocycles. The van der Waals surface area contributed by atoms with Gasteiger partial charge < -0.3 is 15.4 Å². The van der Waals surface area contributed by atoms with Crippen LogP contribution in [0.3, 0.4) is 0 Å². The molecule has 0 saturated heterocycles. The van der Waals surface area contributed by atoms with Crippen LogP contribution >= 0.6 is 12.2 Å². The Balaban J connectivity index is 1.63. The van der Waals surface area contributed by atoms with Crippen molar-refractivity contribution in [2.75, 3.05) is 7.11 Å². The first kappa shape index (κ1) is 19.4. The van der Waals surface area contributed by atoms with Crippen LogP contribution in [-0.4, -0.2) is 24.2 Å². The average molecular weight is 397 g/mol. The smallest absolute Gasteiger partial charge is 0.226 e. The molecule has 1 aromatic rings. The highest BCUT2D eigenvalue weighted by Gasteiger charge is 2.38. The van der Waals surface area contributed by atoms with Crippen molar-refractivity contribution in [1.82, 2.24) is 10.6 Å². The van der Waals surface area contributed by atoms with Gasteiger partial charge in [-0.1, -0.05) is 17.9 Å². The second-order valence-electron chi connectivity index (χ2n) is 8.55. The fourth-order valence-corrected chi connectivity index (χ4v) is 4.63. The van der Waals surface area contributed by atoms with Gasteiger partial charge in [0.1, 0.15) is 0 Å². The number of methoxy groups -OCH3 is 1. The lowest BCUT2D eigenvalue weighted by atomic mass is 9.67. The monoisotopic (exact) mass is 396 g/mol. The van der Waals surface area contributed by atoms with E-state index in [1.807, 2.05) is 0 Å². The van der Waals surface area contributed by atoms with Crippen molar-refractivity contribution in [2.24, 2.45) is 11.3 Å². The van der Waals surface area contributed by atoms with Gasteiger partial charge in [-0.25, -0.2) is 0 Å². The van der Waals surface area contributed by atoms with Crippen molar-refractivity contribution >= 4 is 23.2 Å². The number of hydrogen-bond donors (Lipinski definition) is 2. The van der Waals surface area contributed by atoms with E-state index in [0.29, 0.717) is 30.1 Å². The van der Waals surface area contributed by atoms with E-state index in [0.717, 1.165) is 37.7 Å².